The van der Waals surface area contributed by atoms with Crippen molar-refractivity contribution in [3.63, 3.8) is 0 Å². The van der Waals surface area contributed by atoms with Gasteiger partial charge in [-0.25, -0.2) is 0 Å². The van der Waals surface area contributed by atoms with Gasteiger partial charge >= 0.3 is 0 Å². The fraction of sp³-hybridized carbons (Fsp3) is 0.923. The molecule has 0 rings (SSSR count). The predicted octanol–water partition coefficient (Wildman–Crippen LogP) is 4.09. The summed E-state index contributed by atoms with van der Waals surface area (Å²) in [6.45, 7) is 9.20. The number of rotatable bonds is 21. The van der Waals surface area contributed by atoms with Crippen molar-refractivity contribution in [2.45, 2.75) is 90.9 Å². The lowest BCUT2D eigenvalue weighted by Gasteiger charge is -2.29. The van der Waals surface area contributed by atoms with Crippen LogP contribution in [-0.2, 0) is 9.59 Å². The minimum Gasteiger partial charge on any atom is -0.351 e. The molecular weight excluding hydrogens is 400 g/mol. The van der Waals surface area contributed by atoms with E-state index in [4.69, 9.17) is 0 Å². The number of likely N-dealkylation sites (N-methyl/N-ethyl adjacent to an activating group) is 2. The summed E-state index contributed by atoms with van der Waals surface area (Å²) in [5.74, 6) is 0.321. The highest BCUT2D eigenvalue weighted by Gasteiger charge is 2.20. The highest BCUT2D eigenvalue weighted by Crippen LogP contribution is 2.06. The lowest BCUT2D eigenvalue weighted by atomic mass is 10.2. The number of quaternary nitrogens is 2. The average molecular weight is 457 g/mol. The zero-order chi connectivity index (χ0) is 24.3. The van der Waals surface area contributed by atoms with E-state index in [-0.39, 0.29) is 11.8 Å². The van der Waals surface area contributed by atoms with Crippen molar-refractivity contribution in [1.29, 1.82) is 0 Å². The van der Waals surface area contributed by atoms with Crippen LogP contribution in [0.5, 0.6) is 0 Å². The van der Waals surface area contributed by atoms with Gasteiger partial charge in [-0.05, 0) is 38.5 Å². The van der Waals surface area contributed by atoms with Gasteiger partial charge in [-0.3, -0.25) is 9.59 Å². The summed E-state index contributed by atoms with van der Waals surface area (Å²) in [5, 5.41) is 6.15. The van der Waals surface area contributed by atoms with Gasteiger partial charge in [0, 0.05) is 13.1 Å². The second kappa shape index (κ2) is 18.3. The number of carbonyl (C=O) groups is 2. The summed E-state index contributed by atoms with van der Waals surface area (Å²) in [6, 6.07) is 0. The fourth-order valence-electron chi connectivity index (χ4n) is 4.04. The van der Waals surface area contributed by atoms with Crippen LogP contribution in [0.4, 0.5) is 0 Å². The molecule has 0 aromatic rings. The van der Waals surface area contributed by atoms with Crippen LogP contribution in [0, 0.1) is 0 Å². The maximum atomic E-state index is 12.2. The summed E-state index contributed by atoms with van der Waals surface area (Å²) in [4.78, 5) is 24.4. The van der Waals surface area contributed by atoms with E-state index >= 15 is 0 Å². The zero-order valence-corrected chi connectivity index (χ0v) is 22.4. The molecule has 2 N–H and O–H groups in total. The minimum absolute atomic E-state index is 0.160. The Labute approximate surface area is 199 Å². The normalized spacial score (nSPS) is 12.1. The van der Waals surface area contributed by atoms with E-state index in [1.165, 1.54) is 51.4 Å². The largest absolute Gasteiger partial charge is 0.351 e. The van der Waals surface area contributed by atoms with Crippen molar-refractivity contribution >= 4 is 11.8 Å². The standard InChI is InChI=1S/C26H54N4O2/c1-7-9-11-17-21-29(3,4)23-25(31)27-19-15-13-14-16-20-28-26(32)24-30(5,6)22-18-12-10-8-2/h7-24H2,1-6H3/p+2. The lowest BCUT2D eigenvalue weighted by Crippen LogP contribution is -2.48. The first-order valence-corrected chi connectivity index (χ1v) is 13.3. The number of nitrogens with zero attached hydrogens (tertiary/aromatic N) is 2. The van der Waals surface area contributed by atoms with Crippen LogP contribution < -0.4 is 10.6 Å². The third kappa shape index (κ3) is 19.5. The molecule has 0 aliphatic carbocycles. The molecule has 0 unspecified atom stereocenters. The molecule has 2 amide bonds. The molecule has 0 atom stereocenters. The quantitative estimate of drug-likeness (QED) is 0.202. The first-order valence-electron chi connectivity index (χ1n) is 13.3. The number of hydrogen-bond donors (Lipinski definition) is 2. The van der Waals surface area contributed by atoms with Gasteiger partial charge in [0.05, 0.1) is 41.3 Å². The Hall–Kier alpha value is -1.14. The highest BCUT2D eigenvalue weighted by atomic mass is 16.2. The van der Waals surface area contributed by atoms with Crippen LogP contribution in [-0.4, -0.2) is 88.2 Å². The molecule has 6 nitrogen and oxygen atoms in total. The Balaban J connectivity index is 3.70. The summed E-state index contributed by atoms with van der Waals surface area (Å²) in [7, 11) is 8.58. The van der Waals surface area contributed by atoms with Gasteiger partial charge < -0.3 is 19.6 Å². The summed E-state index contributed by atoms with van der Waals surface area (Å²) in [5.41, 5.74) is 0. The van der Waals surface area contributed by atoms with Crippen molar-refractivity contribution in [3.05, 3.63) is 0 Å². The Morgan fingerprint density at radius 1 is 0.531 bits per heavy atom. The summed E-state index contributed by atoms with van der Waals surface area (Å²) >= 11 is 0. The fourth-order valence-corrected chi connectivity index (χ4v) is 4.04. The first-order chi connectivity index (χ1) is 15.1. The first kappa shape index (κ1) is 30.9. The van der Waals surface area contributed by atoms with Crippen molar-refractivity contribution in [2.24, 2.45) is 0 Å². The van der Waals surface area contributed by atoms with E-state index in [2.05, 4.69) is 52.7 Å². The molecule has 6 heteroatoms. The van der Waals surface area contributed by atoms with Gasteiger partial charge in [0.25, 0.3) is 11.8 Å². The maximum Gasteiger partial charge on any atom is 0.275 e. The van der Waals surface area contributed by atoms with E-state index in [1.54, 1.807) is 0 Å². The number of hydrogen-bond acceptors (Lipinski definition) is 2. The third-order valence-corrected chi connectivity index (χ3v) is 6.13. The molecule has 0 spiro atoms. The number of amides is 2. The van der Waals surface area contributed by atoms with Crippen LogP contribution in [0.25, 0.3) is 0 Å². The van der Waals surface area contributed by atoms with Crippen molar-refractivity contribution < 1.29 is 18.6 Å². The van der Waals surface area contributed by atoms with Gasteiger partial charge in [0.1, 0.15) is 0 Å². The van der Waals surface area contributed by atoms with Crippen LogP contribution in [0.3, 0.4) is 0 Å². The van der Waals surface area contributed by atoms with Crippen LogP contribution in [0.1, 0.15) is 90.9 Å². The van der Waals surface area contributed by atoms with E-state index in [0.29, 0.717) is 13.1 Å². The van der Waals surface area contributed by atoms with E-state index in [9.17, 15) is 9.59 Å². The van der Waals surface area contributed by atoms with Gasteiger partial charge in [-0.1, -0.05) is 52.4 Å². The van der Waals surface area contributed by atoms with Gasteiger partial charge in [0.2, 0.25) is 0 Å². The smallest absolute Gasteiger partial charge is 0.275 e. The van der Waals surface area contributed by atoms with Crippen molar-refractivity contribution in [2.75, 3.05) is 67.5 Å². The van der Waals surface area contributed by atoms with Gasteiger partial charge in [-0.2, -0.15) is 0 Å². The topological polar surface area (TPSA) is 58.2 Å². The average Bonchev–Trinajstić information content (AvgIpc) is 2.70. The van der Waals surface area contributed by atoms with Gasteiger partial charge in [0.15, 0.2) is 13.1 Å². The monoisotopic (exact) mass is 456 g/mol. The van der Waals surface area contributed by atoms with E-state index < -0.39 is 0 Å². The maximum absolute atomic E-state index is 12.2. The second-order valence-corrected chi connectivity index (χ2v) is 10.9. The predicted molar refractivity (Wildman–Crippen MR) is 136 cm³/mol. The molecule has 0 aliphatic rings. The number of nitrogens with one attached hydrogen (secondary N) is 2. The zero-order valence-electron chi connectivity index (χ0n) is 22.4. The summed E-state index contributed by atoms with van der Waals surface area (Å²) < 4.78 is 1.53. The molecule has 0 aliphatic heterocycles. The molecule has 0 radical (unpaired) electrons. The molecule has 0 bridgehead atoms. The van der Waals surface area contributed by atoms with Gasteiger partial charge in [-0.15, -0.1) is 0 Å². The number of unbranched alkanes of at least 4 members (excludes halogenated alkanes) is 9. The third-order valence-electron chi connectivity index (χ3n) is 6.13. The Morgan fingerprint density at radius 3 is 1.22 bits per heavy atom. The molecule has 0 aromatic heterocycles. The van der Waals surface area contributed by atoms with Crippen molar-refractivity contribution in [3.8, 4) is 0 Å². The Morgan fingerprint density at radius 2 is 0.875 bits per heavy atom. The molecule has 0 fully saturated rings. The molecule has 190 valence electrons. The molecule has 32 heavy (non-hydrogen) atoms. The SMILES string of the molecule is CCCCCC[N+](C)(C)CC(=O)NCCCCCCNC(=O)C[N+](C)(C)CCCCCC. The number of carbonyl (C=O) groups excluding carboxylic acids is 2. The molecule has 0 saturated carbocycles. The van der Waals surface area contributed by atoms with Crippen LogP contribution in [0.15, 0.2) is 0 Å². The molecule has 0 saturated heterocycles. The highest BCUT2D eigenvalue weighted by molar-refractivity contribution is 5.77. The molecular formula is C26H56N4O2+2. The Bertz CT molecular complexity index is 448. The minimum atomic E-state index is 0.160. The lowest BCUT2D eigenvalue weighted by molar-refractivity contribution is -0.882. The van der Waals surface area contributed by atoms with Crippen molar-refractivity contribution in [1.82, 2.24) is 10.6 Å². The van der Waals surface area contributed by atoms with Crippen LogP contribution in [0.2, 0.25) is 0 Å². The molecule has 0 aromatic carbocycles. The molecule has 0 heterocycles. The van der Waals surface area contributed by atoms with E-state index in [0.717, 1.165) is 60.8 Å². The van der Waals surface area contributed by atoms with E-state index in [1.807, 2.05) is 0 Å². The Kier molecular flexibility index (Phi) is 17.7. The second-order valence-electron chi connectivity index (χ2n) is 10.9. The summed E-state index contributed by atoms with van der Waals surface area (Å²) in [6.07, 6.45) is 14.2. The van der Waals surface area contributed by atoms with Crippen LogP contribution >= 0.6 is 0 Å².